The molecule has 3 aromatic carbocycles. The van der Waals surface area contributed by atoms with Crippen LogP contribution in [-0.4, -0.2) is 11.2 Å². The van der Waals surface area contributed by atoms with Gasteiger partial charge in [0.15, 0.2) is 0 Å². The summed E-state index contributed by atoms with van der Waals surface area (Å²) in [4.78, 5) is 11.1. The number of fused-ring (bicyclic) bond motifs is 3. The van der Waals surface area contributed by atoms with Crippen molar-refractivity contribution in [1.82, 2.24) is 0 Å². The van der Waals surface area contributed by atoms with Crippen LogP contribution in [0.4, 0.5) is 10.5 Å². The number of benzene rings is 3. The van der Waals surface area contributed by atoms with E-state index < -0.39 is 6.09 Å². The Balaban J connectivity index is 1.81. The minimum atomic E-state index is -1.09. The molecule has 0 fully saturated rings. The standard InChI is InChI=1S/C21H16ClNO2/c22-19-10-5-11-20(23-21(24)25)18(19)12-17-15-8-3-1-6-13(15)14-7-2-4-9-16(14)17/h1-11,17,23H,12H2,(H,24,25). The number of hydrogen-bond donors (Lipinski definition) is 2. The Morgan fingerprint density at radius 2 is 1.52 bits per heavy atom. The van der Waals surface area contributed by atoms with Crippen molar-refractivity contribution >= 4 is 23.4 Å². The van der Waals surface area contributed by atoms with Crippen LogP contribution in [0.1, 0.15) is 22.6 Å². The van der Waals surface area contributed by atoms with Crippen molar-refractivity contribution in [1.29, 1.82) is 0 Å². The molecule has 1 amide bonds. The van der Waals surface area contributed by atoms with E-state index >= 15 is 0 Å². The van der Waals surface area contributed by atoms with Gasteiger partial charge in [-0.2, -0.15) is 0 Å². The van der Waals surface area contributed by atoms with Crippen LogP contribution in [0.25, 0.3) is 11.1 Å². The number of rotatable bonds is 3. The predicted molar refractivity (Wildman–Crippen MR) is 101 cm³/mol. The summed E-state index contributed by atoms with van der Waals surface area (Å²) in [5.41, 5.74) is 6.35. The van der Waals surface area contributed by atoms with Crippen molar-refractivity contribution in [3.8, 4) is 11.1 Å². The average Bonchev–Trinajstić information content (AvgIpc) is 2.92. The van der Waals surface area contributed by atoms with Gasteiger partial charge in [0.25, 0.3) is 0 Å². The lowest BCUT2D eigenvalue weighted by molar-refractivity contribution is 0.209. The summed E-state index contributed by atoms with van der Waals surface area (Å²) in [6.07, 6.45) is -0.445. The molecule has 0 saturated carbocycles. The van der Waals surface area contributed by atoms with Gasteiger partial charge in [-0.15, -0.1) is 0 Å². The number of amides is 1. The highest BCUT2D eigenvalue weighted by atomic mass is 35.5. The first-order valence-corrected chi connectivity index (χ1v) is 8.48. The Kier molecular flexibility index (Phi) is 3.94. The minimum absolute atomic E-state index is 0.154. The quantitative estimate of drug-likeness (QED) is 0.629. The Bertz CT molecular complexity index is 922. The molecule has 4 heteroatoms. The van der Waals surface area contributed by atoms with Crippen LogP contribution < -0.4 is 5.32 Å². The third kappa shape index (κ3) is 2.77. The highest BCUT2D eigenvalue weighted by Crippen LogP contribution is 2.47. The van der Waals surface area contributed by atoms with E-state index in [1.165, 1.54) is 22.3 Å². The molecule has 0 bridgehead atoms. The van der Waals surface area contributed by atoms with Crippen LogP contribution in [0.3, 0.4) is 0 Å². The molecule has 3 aromatic rings. The van der Waals surface area contributed by atoms with E-state index in [9.17, 15) is 4.79 Å². The first-order valence-electron chi connectivity index (χ1n) is 8.10. The third-order valence-electron chi connectivity index (χ3n) is 4.73. The number of hydrogen-bond acceptors (Lipinski definition) is 1. The molecule has 1 aliphatic carbocycles. The second kappa shape index (κ2) is 6.26. The molecule has 0 saturated heterocycles. The van der Waals surface area contributed by atoms with Gasteiger partial charge in [-0.1, -0.05) is 66.2 Å². The fourth-order valence-electron chi connectivity index (χ4n) is 3.68. The number of anilines is 1. The van der Waals surface area contributed by atoms with E-state index in [2.05, 4.69) is 29.6 Å². The Morgan fingerprint density at radius 1 is 0.920 bits per heavy atom. The van der Waals surface area contributed by atoms with Crippen LogP contribution in [0.2, 0.25) is 5.02 Å². The van der Waals surface area contributed by atoms with Gasteiger partial charge in [0.2, 0.25) is 0 Å². The predicted octanol–water partition coefficient (Wildman–Crippen LogP) is 5.78. The maximum Gasteiger partial charge on any atom is 0.409 e. The Hall–Kier alpha value is -2.78. The van der Waals surface area contributed by atoms with E-state index in [-0.39, 0.29) is 5.92 Å². The summed E-state index contributed by atoms with van der Waals surface area (Å²) in [5.74, 6) is 0.154. The van der Waals surface area contributed by atoms with Gasteiger partial charge in [0, 0.05) is 16.6 Å². The molecule has 1 aliphatic rings. The molecule has 2 N–H and O–H groups in total. The van der Waals surface area contributed by atoms with E-state index in [1.54, 1.807) is 18.2 Å². The highest BCUT2D eigenvalue weighted by Gasteiger charge is 2.29. The molecule has 0 spiro atoms. The topological polar surface area (TPSA) is 49.3 Å². The monoisotopic (exact) mass is 349 g/mol. The molecular formula is C21H16ClNO2. The molecule has 0 heterocycles. The van der Waals surface area contributed by atoms with Gasteiger partial charge < -0.3 is 5.11 Å². The zero-order valence-electron chi connectivity index (χ0n) is 13.4. The fourth-order valence-corrected chi connectivity index (χ4v) is 3.93. The summed E-state index contributed by atoms with van der Waals surface area (Å²) < 4.78 is 0. The van der Waals surface area contributed by atoms with Gasteiger partial charge in [-0.05, 0) is 46.4 Å². The number of carboxylic acid groups (broad SMARTS) is 1. The van der Waals surface area contributed by atoms with Crippen molar-refractivity contribution in [2.45, 2.75) is 12.3 Å². The molecule has 0 radical (unpaired) electrons. The van der Waals surface area contributed by atoms with E-state index in [0.717, 1.165) is 5.56 Å². The Morgan fingerprint density at radius 3 is 2.12 bits per heavy atom. The largest absolute Gasteiger partial charge is 0.465 e. The van der Waals surface area contributed by atoms with Crippen LogP contribution in [0.15, 0.2) is 66.7 Å². The molecule has 0 unspecified atom stereocenters. The zero-order chi connectivity index (χ0) is 17.4. The van der Waals surface area contributed by atoms with Gasteiger partial charge in [-0.25, -0.2) is 4.79 Å². The lowest BCUT2D eigenvalue weighted by Crippen LogP contribution is -2.11. The zero-order valence-corrected chi connectivity index (χ0v) is 14.1. The van der Waals surface area contributed by atoms with Crippen molar-refractivity contribution in [3.05, 3.63) is 88.4 Å². The second-order valence-corrected chi connectivity index (χ2v) is 6.53. The third-order valence-corrected chi connectivity index (χ3v) is 5.09. The van der Waals surface area contributed by atoms with Crippen LogP contribution in [-0.2, 0) is 6.42 Å². The van der Waals surface area contributed by atoms with E-state index in [0.29, 0.717) is 17.1 Å². The second-order valence-electron chi connectivity index (χ2n) is 6.13. The van der Waals surface area contributed by atoms with Crippen molar-refractivity contribution in [3.63, 3.8) is 0 Å². The SMILES string of the molecule is O=C(O)Nc1cccc(Cl)c1CC1c2ccccc2-c2ccccc21. The van der Waals surface area contributed by atoms with Crippen molar-refractivity contribution in [2.75, 3.05) is 5.32 Å². The minimum Gasteiger partial charge on any atom is -0.465 e. The van der Waals surface area contributed by atoms with Gasteiger partial charge in [-0.3, -0.25) is 5.32 Å². The van der Waals surface area contributed by atoms with Gasteiger partial charge >= 0.3 is 6.09 Å². The lowest BCUT2D eigenvalue weighted by atomic mass is 9.89. The summed E-state index contributed by atoms with van der Waals surface area (Å²) in [7, 11) is 0. The summed E-state index contributed by atoms with van der Waals surface area (Å²) >= 11 is 6.41. The molecule has 0 aliphatic heterocycles. The first kappa shape index (κ1) is 15.7. The Labute approximate surface area is 150 Å². The molecule has 0 aromatic heterocycles. The fraction of sp³-hybridized carbons (Fsp3) is 0.0952. The lowest BCUT2D eigenvalue weighted by Gasteiger charge is -2.17. The molecule has 0 atom stereocenters. The molecule has 4 rings (SSSR count). The van der Waals surface area contributed by atoms with E-state index in [1.807, 2.05) is 24.3 Å². The molecule has 124 valence electrons. The first-order chi connectivity index (χ1) is 12.1. The van der Waals surface area contributed by atoms with Crippen LogP contribution in [0, 0.1) is 0 Å². The highest BCUT2D eigenvalue weighted by molar-refractivity contribution is 6.31. The summed E-state index contributed by atoms with van der Waals surface area (Å²) in [5, 5.41) is 12.1. The smallest absolute Gasteiger partial charge is 0.409 e. The normalized spacial score (nSPS) is 12.5. The number of carbonyl (C=O) groups is 1. The maximum atomic E-state index is 11.1. The average molecular weight is 350 g/mol. The molecular weight excluding hydrogens is 334 g/mol. The van der Waals surface area contributed by atoms with Gasteiger partial charge in [0.1, 0.15) is 0 Å². The molecule has 3 nitrogen and oxygen atoms in total. The van der Waals surface area contributed by atoms with Crippen molar-refractivity contribution < 1.29 is 9.90 Å². The summed E-state index contributed by atoms with van der Waals surface area (Å²) in [6.45, 7) is 0. The van der Waals surface area contributed by atoms with Gasteiger partial charge in [0.05, 0.1) is 0 Å². The molecule has 25 heavy (non-hydrogen) atoms. The van der Waals surface area contributed by atoms with Crippen LogP contribution >= 0.6 is 11.6 Å². The maximum absolute atomic E-state index is 11.1. The van der Waals surface area contributed by atoms with Crippen molar-refractivity contribution in [2.24, 2.45) is 0 Å². The van der Waals surface area contributed by atoms with E-state index in [4.69, 9.17) is 16.7 Å². The summed E-state index contributed by atoms with van der Waals surface area (Å²) in [6, 6.07) is 22.0. The number of halogens is 1. The van der Waals surface area contributed by atoms with Crippen LogP contribution in [0.5, 0.6) is 0 Å². The number of nitrogens with one attached hydrogen (secondary N) is 1.